The van der Waals surface area contributed by atoms with E-state index in [4.69, 9.17) is 4.98 Å². The van der Waals surface area contributed by atoms with Gasteiger partial charge in [0.1, 0.15) is 0 Å². The van der Waals surface area contributed by atoms with Gasteiger partial charge in [-0.05, 0) is 73.4 Å². The molecule has 8 heteroatoms. The van der Waals surface area contributed by atoms with E-state index in [-0.39, 0.29) is 16.8 Å². The van der Waals surface area contributed by atoms with Gasteiger partial charge in [0.25, 0.3) is 5.91 Å². The Kier molecular flexibility index (Phi) is 7.32. The van der Waals surface area contributed by atoms with Crippen LogP contribution in [0.25, 0.3) is 22.2 Å². The van der Waals surface area contributed by atoms with Crippen molar-refractivity contribution >= 4 is 26.8 Å². The summed E-state index contributed by atoms with van der Waals surface area (Å²) in [5.41, 5.74) is 2.47. The Morgan fingerprint density at radius 2 is 1.81 bits per heavy atom. The van der Waals surface area contributed by atoms with Gasteiger partial charge in [0.15, 0.2) is 0 Å². The zero-order valence-electron chi connectivity index (χ0n) is 21.9. The fourth-order valence-electron chi connectivity index (χ4n) is 5.62. The average Bonchev–Trinajstić information content (AvgIpc) is 2.91. The number of carbonyl (C=O) groups excluding carboxylic acids is 1. The van der Waals surface area contributed by atoms with Gasteiger partial charge in [-0.1, -0.05) is 33.6 Å². The predicted molar refractivity (Wildman–Crippen MR) is 146 cm³/mol. The van der Waals surface area contributed by atoms with E-state index in [1.165, 1.54) is 6.42 Å². The lowest BCUT2D eigenvalue weighted by molar-refractivity contribution is 0.0892. The molecule has 3 unspecified atom stereocenters. The number of aromatic nitrogens is 2. The fraction of sp³-hybridized carbons (Fsp3) is 0.483. The standard InChI is InChI=1S/C29H36N4O3S/c1-19-11-14-33(15-12-19)37(35,36)23-9-10-27-24(16-23)25(17-28(31-27)22-7-5-13-30-18-22)29(34)32-26-8-4-6-20(2)21(26)3/h5,7,9-10,13,16-21,26H,4,6,8,11-12,14-15H2,1-3H3,(H,32,34). The summed E-state index contributed by atoms with van der Waals surface area (Å²) < 4.78 is 28.6. The van der Waals surface area contributed by atoms with Gasteiger partial charge in [-0.25, -0.2) is 13.4 Å². The number of sulfonamides is 1. The Balaban J connectivity index is 1.57. The van der Waals surface area contributed by atoms with Crippen LogP contribution in [0.5, 0.6) is 0 Å². The number of nitrogens with zero attached hydrogens (tertiary/aromatic N) is 3. The summed E-state index contributed by atoms with van der Waals surface area (Å²) >= 11 is 0. The molecule has 196 valence electrons. The summed E-state index contributed by atoms with van der Waals surface area (Å²) in [5, 5.41) is 3.82. The molecule has 0 spiro atoms. The molecule has 1 amide bonds. The van der Waals surface area contributed by atoms with Crippen LogP contribution in [0, 0.1) is 17.8 Å². The van der Waals surface area contributed by atoms with Crippen LogP contribution < -0.4 is 5.32 Å². The number of amides is 1. The largest absolute Gasteiger partial charge is 0.349 e. The van der Waals surface area contributed by atoms with Crippen LogP contribution in [0.15, 0.2) is 53.7 Å². The van der Waals surface area contributed by atoms with Gasteiger partial charge >= 0.3 is 0 Å². The van der Waals surface area contributed by atoms with E-state index >= 15 is 0 Å². The number of pyridine rings is 2. The Morgan fingerprint density at radius 3 is 2.54 bits per heavy atom. The maximum absolute atomic E-state index is 13.7. The first kappa shape index (κ1) is 25.8. The zero-order chi connectivity index (χ0) is 26.2. The Bertz CT molecular complexity index is 1390. The molecule has 0 bridgehead atoms. The number of hydrogen-bond donors (Lipinski definition) is 1. The van der Waals surface area contributed by atoms with Crippen LogP contribution in [-0.4, -0.2) is 47.7 Å². The highest BCUT2D eigenvalue weighted by Gasteiger charge is 2.31. The molecule has 1 aromatic carbocycles. The minimum Gasteiger partial charge on any atom is -0.349 e. The third-order valence-electron chi connectivity index (χ3n) is 8.39. The number of rotatable bonds is 5. The van der Waals surface area contributed by atoms with Crippen LogP contribution in [0.2, 0.25) is 0 Å². The highest BCUT2D eigenvalue weighted by molar-refractivity contribution is 7.89. The third kappa shape index (κ3) is 5.27. The molecule has 1 N–H and O–H groups in total. The molecule has 0 radical (unpaired) electrons. The predicted octanol–water partition coefficient (Wildman–Crippen LogP) is 5.27. The normalized spacial score (nSPS) is 23.7. The van der Waals surface area contributed by atoms with Crippen LogP contribution >= 0.6 is 0 Å². The highest BCUT2D eigenvalue weighted by atomic mass is 32.2. The number of benzene rings is 1. The number of fused-ring (bicyclic) bond motifs is 1. The Hall–Kier alpha value is -2.84. The van der Waals surface area contributed by atoms with Crippen molar-refractivity contribution < 1.29 is 13.2 Å². The lowest BCUT2D eigenvalue weighted by Crippen LogP contribution is -2.43. The molecule has 7 nitrogen and oxygen atoms in total. The number of piperidine rings is 1. The summed E-state index contributed by atoms with van der Waals surface area (Å²) in [6, 6.07) is 10.6. The van der Waals surface area contributed by atoms with Crippen LogP contribution in [-0.2, 0) is 10.0 Å². The van der Waals surface area contributed by atoms with E-state index in [0.717, 1.165) is 31.2 Å². The fourth-order valence-corrected chi connectivity index (χ4v) is 7.12. The molecule has 5 rings (SSSR count). The smallest absolute Gasteiger partial charge is 0.252 e. The summed E-state index contributed by atoms with van der Waals surface area (Å²) in [6.45, 7) is 7.63. The number of hydrogen-bond acceptors (Lipinski definition) is 5. The summed E-state index contributed by atoms with van der Waals surface area (Å²) in [7, 11) is -3.66. The second kappa shape index (κ2) is 10.5. The van der Waals surface area contributed by atoms with Gasteiger partial charge in [0.2, 0.25) is 10.0 Å². The Labute approximate surface area is 219 Å². The molecule has 1 saturated heterocycles. The molecular formula is C29H36N4O3S. The van der Waals surface area contributed by atoms with Gasteiger partial charge in [-0.2, -0.15) is 4.31 Å². The second-order valence-corrected chi connectivity index (χ2v) is 12.8. The second-order valence-electron chi connectivity index (χ2n) is 10.9. The zero-order valence-corrected chi connectivity index (χ0v) is 22.7. The van der Waals surface area contributed by atoms with Crippen molar-refractivity contribution in [1.82, 2.24) is 19.6 Å². The summed E-state index contributed by atoms with van der Waals surface area (Å²) in [5.74, 6) is 1.26. The van der Waals surface area contributed by atoms with Gasteiger partial charge in [0, 0.05) is 42.5 Å². The lowest BCUT2D eigenvalue weighted by Gasteiger charge is -2.34. The maximum atomic E-state index is 13.7. The third-order valence-corrected chi connectivity index (χ3v) is 10.3. The highest BCUT2D eigenvalue weighted by Crippen LogP contribution is 2.32. The topological polar surface area (TPSA) is 92.3 Å². The molecule has 2 fully saturated rings. The SMILES string of the molecule is CC1CCN(S(=O)(=O)c2ccc3nc(-c4cccnc4)cc(C(=O)NC4CCCC(C)C4C)c3c2)CC1. The van der Waals surface area contributed by atoms with Gasteiger partial charge in [-0.15, -0.1) is 0 Å². The van der Waals surface area contributed by atoms with Crippen LogP contribution in [0.1, 0.15) is 63.2 Å². The van der Waals surface area contributed by atoms with Crippen molar-refractivity contribution in [1.29, 1.82) is 0 Å². The van der Waals surface area contributed by atoms with Crippen LogP contribution in [0.3, 0.4) is 0 Å². The van der Waals surface area contributed by atoms with Crippen molar-refractivity contribution in [2.45, 2.75) is 63.8 Å². The molecule has 3 heterocycles. The monoisotopic (exact) mass is 520 g/mol. The van der Waals surface area contributed by atoms with Gasteiger partial charge < -0.3 is 5.32 Å². The molecule has 3 aromatic rings. The van der Waals surface area contributed by atoms with Crippen molar-refractivity contribution in [2.75, 3.05) is 13.1 Å². The van der Waals surface area contributed by atoms with Gasteiger partial charge in [-0.3, -0.25) is 9.78 Å². The maximum Gasteiger partial charge on any atom is 0.252 e. The lowest BCUT2D eigenvalue weighted by atomic mass is 9.78. The van der Waals surface area contributed by atoms with Crippen molar-refractivity contribution in [3.8, 4) is 11.3 Å². The Morgan fingerprint density at radius 1 is 1.03 bits per heavy atom. The van der Waals surface area contributed by atoms with E-state index < -0.39 is 10.0 Å². The first-order chi connectivity index (χ1) is 17.7. The van der Waals surface area contributed by atoms with E-state index in [1.54, 1.807) is 41.0 Å². The van der Waals surface area contributed by atoms with E-state index in [9.17, 15) is 13.2 Å². The van der Waals surface area contributed by atoms with E-state index in [0.29, 0.717) is 53.0 Å². The number of carbonyl (C=O) groups is 1. The van der Waals surface area contributed by atoms with Crippen molar-refractivity contribution in [2.24, 2.45) is 17.8 Å². The molecule has 2 aromatic heterocycles. The minimum absolute atomic E-state index is 0.0866. The van der Waals surface area contributed by atoms with E-state index in [2.05, 4.69) is 31.1 Å². The molecule has 37 heavy (non-hydrogen) atoms. The first-order valence-electron chi connectivity index (χ1n) is 13.4. The quantitative estimate of drug-likeness (QED) is 0.495. The molecular weight excluding hydrogens is 484 g/mol. The average molecular weight is 521 g/mol. The minimum atomic E-state index is -3.66. The molecule has 2 aliphatic rings. The molecule has 3 atom stereocenters. The van der Waals surface area contributed by atoms with E-state index in [1.807, 2.05) is 12.1 Å². The molecule has 1 saturated carbocycles. The summed E-state index contributed by atoms with van der Waals surface area (Å²) in [4.78, 5) is 22.9. The van der Waals surface area contributed by atoms with Crippen molar-refractivity contribution in [3.63, 3.8) is 0 Å². The molecule has 1 aliphatic carbocycles. The van der Waals surface area contributed by atoms with Crippen LogP contribution in [0.4, 0.5) is 0 Å². The summed E-state index contributed by atoms with van der Waals surface area (Å²) in [6.07, 6.45) is 8.34. The van der Waals surface area contributed by atoms with Gasteiger partial charge in [0.05, 0.1) is 21.7 Å². The van der Waals surface area contributed by atoms with Crippen molar-refractivity contribution in [3.05, 3.63) is 54.4 Å². The molecule has 1 aliphatic heterocycles. The first-order valence-corrected chi connectivity index (χ1v) is 14.8. The number of nitrogens with one attached hydrogen (secondary N) is 1.